The lowest BCUT2D eigenvalue weighted by Gasteiger charge is -2.10. The summed E-state index contributed by atoms with van der Waals surface area (Å²) < 4.78 is 15.4. The van der Waals surface area contributed by atoms with Crippen LogP contribution in [0.25, 0.3) is 0 Å². The van der Waals surface area contributed by atoms with Crippen LogP contribution in [0, 0.1) is 6.92 Å². The Morgan fingerprint density at radius 1 is 1.00 bits per heavy atom. The number of rotatable bonds is 8. The van der Waals surface area contributed by atoms with Crippen molar-refractivity contribution in [2.24, 2.45) is 0 Å². The minimum Gasteiger partial charge on any atom is -0.493 e. The molecule has 26 heavy (non-hydrogen) atoms. The third-order valence-electron chi connectivity index (χ3n) is 3.85. The molecule has 0 bridgehead atoms. The fourth-order valence-electron chi connectivity index (χ4n) is 2.40. The van der Waals surface area contributed by atoms with Crippen LogP contribution >= 0.6 is 0 Å². The Bertz CT molecular complexity index is 773. The van der Waals surface area contributed by atoms with Crippen molar-refractivity contribution in [1.82, 2.24) is 0 Å². The van der Waals surface area contributed by atoms with Crippen molar-refractivity contribution in [3.63, 3.8) is 0 Å². The predicted octanol–water partition coefficient (Wildman–Crippen LogP) is 3.13. The van der Waals surface area contributed by atoms with Crippen molar-refractivity contribution < 1.29 is 23.8 Å². The molecule has 1 amide bonds. The first-order chi connectivity index (χ1) is 12.5. The topological polar surface area (TPSA) is 73.9 Å². The molecule has 0 heterocycles. The maximum absolute atomic E-state index is 11.9. The summed E-state index contributed by atoms with van der Waals surface area (Å²) >= 11 is 0. The van der Waals surface area contributed by atoms with Gasteiger partial charge in [0.05, 0.1) is 14.2 Å². The number of anilines is 1. The number of ether oxygens (including phenoxy) is 3. The van der Waals surface area contributed by atoms with Crippen LogP contribution < -0.4 is 14.8 Å². The highest BCUT2D eigenvalue weighted by atomic mass is 16.5. The lowest BCUT2D eigenvalue weighted by Crippen LogP contribution is -2.21. The van der Waals surface area contributed by atoms with E-state index in [1.165, 1.54) is 0 Å². The molecule has 0 saturated heterocycles. The van der Waals surface area contributed by atoms with Crippen molar-refractivity contribution in [2.45, 2.75) is 19.8 Å². The van der Waals surface area contributed by atoms with E-state index in [4.69, 9.17) is 14.2 Å². The number of nitrogens with one attached hydrogen (secondary N) is 1. The molecule has 2 rings (SSSR count). The molecule has 0 radical (unpaired) electrons. The smallest absolute Gasteiger partial charge is 0.306 e. The SMILES string of the molecule is COc1ccc(CCC(=O)OCC(=O)Nc2ccccc2C)cc1OC. The molecule has 2 aromatic rings. The fourth-order valence-corrected chi connectivity index (χ4v) is 2.40. The normalized spacial score (nSPS) is 10.1. The molecule has 0 fully saturated rings. The average molecular weight is 357 g/mol. The summed E-state index contributed by atoms with van der Waals surface area (Å²) in [5, 5.41) is 2.72. The lowest BCUT2D eigenvalue weighted by atomic mass is 10.1. The first kappa shape index (κ1) is 19.3. The number of benzene rings is 2. The molecule has 0 aromatic heterocycles. The van der Waals surface area contributed by atoms with Gasteiger partial charge in [0, 0.05) is 12.1 Å². The molecule has 0 unspecified atom stereocenters. The summed E-state index contributed by atoms with van der Waals surface area (Å²) in [7, 11) is 3.12. The van der Waals surface area contributed by atoms with Crippen molar-refractivity contribution >= 4 is 17.6 Å². The van der Waals surface area contributed by atoms with E-state index in [0.29, 0.717) is 23.6 Å². The van der Waals surface area contributed by atoms with Crippen molar-refractivity contribution in [3.05, 3.63) is 53.6 Å². The van der Waals surface area contributed by atoms with E-state index < -0.39 is 5.97 Å². The van der Waals surface area contributed by atoms with E-state index in [2.05, 4.69) is 5.32 Å². The van der Waals surface area contributed by atoms with E-state index in [-0.39, 0.29) is 18.9 Å². The molecule has 6 nitrogen and oxygen atoms in total. The maximum Gasteiger partial charge on any atom is 0.306 e. The Hall–Kier alpha value is -3.02. The summed E-state index contributed by atoms with van der Waals surface area (Å²) in [5.74, 6) is 0.446. The third-order valence-corrected chi connectivity index (χ3v) is 3.85. The van der Waals surface area contributed by atoms with Crippen LogP contribution in [0.2, 0.25) is 0 Å². The highest BCUT2D eigenvalue weighted by Crippen LogP contribution is 2.28. The Balaban J connectivity index is 1.78. The first-order valence-corrected chi connectivity index (χ1v) is 8.25. The van der Waals surface area contributed by atoms with E-state index in [1.54, 1.807) is 26.4 Å². The number of hydrogen-bond acceptors (Lipinski definition) is 5. The van der Waals surface area contributed by atoms with Gasteiger partial charge in [-0.05, 0) is 42.7 Å². The second-order valence-electron chi connectivity index (χ2n) is 5.71. The molecule has 0 aliphatic rings. The van der Waals surface area contributed by atoms with Gasteiger partial charge >= 0.3 is 5.97 Å². The standard InChI is InChI=1S/C20H23NO5/c1-14-6-4-5-7-16(14)21-19(22)13-26-20(23)11-9-15-8-10-17(24-2)18(12-15)25-3/h4-8,10,12H,9,11,13H2,1-3H3,(H,21,22). The molecule has 0 atom stereocenters. The van der Waals surface area contributed by atoms with Gasteiger partial charge in [-0.2, -0.15) is 0 Å². The van der Waals surface area contributed by atoms with Crippen molar-refractivity contribution in [1.29, 1.82) is 0 Å². The minimum atomic E-state index is -0.431. The van der Waals surface area contributed by atoms with Gasteiger partial charge in [0.1, 0.15) is 0 Å². The predicted molar refractivity (Wildman–Crippen MR) is 98.6 cm³/mol. The van der Waals surface area contributed by atoms with Gasteiger partial charge in [0.15, 0.2) is 18.1 Å². The zero-order chi connectivity index (χ0) is 18.9. The summed E-state index contributed by atoms with van der Waals surface area (Å²) in [6.45, 7) is 1.59. The largest absolute Gasteiger partial charge is 0.493 e. The van der Waals surface area contributed by atoms with Crippen LogP contribution in [0.4, 0.5) is 5.69 Å². The quantitative estimate of drug-likeness (QED) is 0.735. The number of carbonyl (C=O) groups is 2. The van der Waals surface area contributed by atoms with Gasteiger partial charge in [0.25, 0.3) is 5.91 Å². The molecule has 0 saturated carbocycles. The van der Waals surface area contributed by atoms with Crippen LogP contribution in [-0.2, 0) is 20.7 Å². The zero-order valence-electron chi connectivity index (χ0n) is 15.2. The highest BCUT2D eigenvalue weighted by Gasteiger charge is 2.10. The number of carbonyl (C=O) groups excluding carboxylic acids is 2. The Labute approximate surface area is 153 Å². The molecule has 6 heteroatoms. The van der Waals surface area contributed by atoms with E-state index >= 15 is 0 Å². The molecule has 1 N–H and O–H groups in total. The number of aryl methyl sites for hydroxylation is 2. The molecule has 0 aliphatic heterocycles. The van der Waals surface area contributed by atoms with Gasteiger partial charge < -0.3 is 19.5 Å². The molecular formula is C20H23NO5. The minimum absolute atomic E-state index is 0.174. The summed E-state index contributed by atoms with van der Waals surface area (Å²) in [6, 6.07) is 12.9. The first-order valence-electron chi connectivity index (χ1n) is 8.25. The van der Waals surface area contributed by atoms with E-state index in [0.717, 1.165) is 11.1 Å². The van der Waals surface area contributed by atoms with Crippen LogP contribution in [0.15, 0.2) is 42.5 Å². The van der Waals surface area contributed by atoms with Gasteiger partial charge in [0.2, 0.25) is 0 Å². The van der Waals surface area contributed by atoms with Gasteiger partial charge in [-0.3, -0.25) is 9.59 Å². The van der Waals surface area contributed by atoms with Gasteiger partial charge in [-0.25, -0.2) is 0 Å². The van der Waals surface area contributed by atoms with Crippen LogP contribution in [0.3, 0.4) is 0 Å². The van der Waals surface area contributed by atoms with E-state index in [9.17, 15) is 9.59 Å². The summed E-state index contributed by atoms with van der Waals surface area (Å²) in [6.07, 6.45) is 0.658. The van der Waals surface area contributed by atoms with Crippen molar-refractivity contribution in [3.8, 4) is 11.5 Å². The van der Waals surface area contributed by atoms with Crippen LogP contribution in [-0.4, -0.2) is 32.7 Å². The van der Waals surface area contributed by atoms with E-state index in [1.807, 2.05) is 37.3 Å². The molecule has 0 aliphatic carbocycles. The molecule has 0 spiro atoms. The third kappa shape index (κ3) is 5.51. The fraction of sp³-hybridized carbons (Fsp3) is 0.300. The van der Waals surface area contributed by atoms with Crippen LogP contribution in [0.1, 0.15) is 17.5 Å². The Kier molecular flexibility index (Phi) is 7.02. The number of hydrogen-bond donors (Lipinski definition) is 1. The van der Waals surface area contributed by atoms with Crippen molar-refractivity contribution in [2.75, 3.05) is 26.1 Å². The van der Waals surface area contributed by atoms with Crippen LogP contribution in [0.5, 0.6) is 11.5 Å². The monoisotopic (exact) mass is 357 g/mol. The Morgan fingerprint density at radius 3 is 2.42 bits per heavy atom. The van der Waals surface area contributed by atoms with Gasteiger partial charge in [-0.1, -0.05) is 24.3 Å². The second kappa shape index (κ2) is 9.46. The lowest BCUT2D eigenvalue weighted by molar-refractivity contribution is -0.147. The maximum atomic E-state index is 11.9. The second-order valence-corrected chi connectivity index (χ2v) is 5.71. The number of para-hydroxylation sites is 1. The summed E-state index contributed by atoms with van der Waals surface area (Å²) in [4.78, 5) is 23.7. The zero-order valence-corrected chi connectivity index (χ0v) is 15.2. The summed E-state index contributed by atoms with van der Waals surface area (Å²) in [5.41, 5.74) is 2.57. The number of amides is 1. The highest BCUT2D eigenvalue weighted by molar-refractivity contribution is 5.93. The molecule has 2 aromatic carbocycles. The molecular weight excluding hydrogens is 334 g/mol. The number of methoxy groups -OCH3 is 2. The molecule has 138 valence electrons. The van der Waals surface area contributed by atoms with Gasteiger partial charge in [-0.15, -0.1) is 0 Å². The number of esters is 1. The Morgan fingerprint density at radius 2 is 1.73 bits per heavy atom. The average Bonchev–Trinajstić information content (AvgIpc) is 2.66.